The van der Waals surface area contributed by atoms with Crippen LogP contribution in [0.2, 0.25) is 0 Å². The summed E-state index contributed by atoms with van der Waals surface area (Å²) in [7, 11) is 0. The SMILES string of the molecule is O=C(CN1CCOC1=O)N1CCCC(Cc2nc(-c3ccsc3)no2)C1. The molecular formula is C17H20N4O4S. The standard InChI is InChI=1S/C17H20N4O4S/c22-15(10-21-5-6-24-17(21)23)20-4-1-2-12(9-20)8-14-18-16(19-25-14)13-3-7-26-11-13/h3,7,11-12H,1-2,4-6,8-10H2. The van der Waals surface area contributed by atoms with E-state index in [4.69, 9.17) is 9.26 Å². The number of nitrogens with zero attached hydrogens (tertiary/aromatic N) is 4. The molecule has 0 bridgehead atoms. The molecule has 2 aliphatic rings. The minimum absolute atomic E-state index is 0.0296. The number of rotatable bonds is 5. The summed E-state index contributed by atoms with van der Waals surface area (Å²) >= 11 is 1.59. The third-order valence-electron chi connectivity index (χ3n) is 4.75. The summed E-state index contributed by atoms with van der Waals surface area (Å²) in [5.41, 5.74) is 0.961. The number of aromatic nitrogens is 2. The molecule has 0 spiro atoms. The summed E-state index contributed by atoms with van der Waals surface area (Å²) in [4.78, 5) is 31.7. The van der Waals surface area contributed by atoms with E-state index < -0.39 is 6.09 Å². The van der Waals surface area contributed by atoms with Crippen LogP contribution in [0.5, 0.6) is 0 Å². The first-order valence-electron chi connectivity index (χ1n) is 8.73. The van der Waals surface area contributed by atoms with Crippen LogP contribution >= 0.6 is 11.3 Å². The van der Waals surface area contributed by atoms with Crippen LogP contribution in [0, 0.1) is 5.92 Å². The van der Waals surface area contributed by atoms with Gasteiger partial charge >= 0.3 is 6.09 Å². The second-order valence-electron chi connectivity index (χ2n) is 6.61. The Bertz CT molecular complexity index is 776. The number of thiophene rings is 1. The van der Waals surface area contributed by atoms with E-state index in [1.165, 1.54) is 4.90 Å². The second-order valence-corrected chi connectivity index (χ2v) is 7.39. The maximum absolute atomic E-state index is 12.5. The molecule has 2 fully saturated rings. The Morgan fingerprint density at radius 3 is 3.08 bits per heavy atom. The maximum Gasteiger partial charge on any atom is 0.410 e. The first-order valence-corrected chi connectivity index (χ1v) is 9.68. The number of piperidine rings is 1. The summed E-state index contributed by atoms with van der Waals surface area (Å²) in [6.45, 7) is 2.31. The number of ether oxygens (including phenoxy) is 1. The van der Waals surface area contributed by atoms with E-state index in [2.05, 4.69) is 10.1 Å². The lowest BCUT2D eigenvalue weighted by molar-refractivity contribution is -0.133. The number of cyclic esters (lactones) is 1. The maximum atomic E-state index is 12.5. The van der Waals surface area contributed by atoms with E-state index in [-0.39, 0.29) is 18.4 Å². The molecule has 1 unspecified atom stereocenters. The van der Waals surface area contributed by atoms with Crippen molar-refractivity contribution in [3.63, 3.8) is 0 Å². The van der Waals surface area contributed by atoms with Crippen molar-refractivity contribution in [3.05, 3.63) is 22.7 Å². The molecule has 0 radical (unpaired) electrons. The van der Waals surface area contributed by atoms with Crippen molar-refractivity contribution in [3.8, 4) is 11.4 Å². The summed E-state index contributed by atoms with van der Waals surface area (Å²) in [5, 5.41) is 8.00. The molecule has 2 aromatic rings. The molecule has 138 valence electrons. The summed E-state index contributed by atoms with van der Waals surface area (Å²) in [6, 6.07) is 1.96. The van der Waals surface area contributed by atoms with Gasteiger partial charge in [0.2, 0.25) is 17.6 Å². The fraction of sp³-hybridized carbons (Fsp3) is 0.529. The van der Waals surface area contributed by atoms with Crippen LogP contribution in [0.25, 0.3) is 11.4 Å². The van der Waals surface area contributed by atoms with Gasteiger partial charge in [0.25, 0.3) is 0 Å². The van der Waals surface area contributed by atoms with Gasteiger partial charge in [-0.05, 0) is 30.2 Å². The lowest BCUT2D eigenvalue weighted by atomic mass is 9.94. The smallest absolute Gasteiger partial charge is 0.410 e. The molecule has 2 amide bonds. The van der Waals surface area contributed by atoms with Crippen molar-refractivity contribution < 1.29 is 18.8 Å². The van der Waals surface area contributed by atoms with Crippen molar-refractivity contribution in [1.29, 1.82) is 0 Å². The molecule has 2 aromatic heterocycles. The third-order valence-corrected chi connectivity index (χ3v) is 5.44. The van der Waals surface area contributed by atoms with Gasteiger partial charge in [-0.1, -0.05) is 5.16 Å². The number of amides is 2. The van der Waals surface area contributed by atoms with E-state index in [9.17, 15) is 9.59 Å². The van der Waals surface area contributed by atoms with Crippen LogP contribution < -0.4 is 0 Å². The van der Waals surface area contributed by atoms with E-state index in [1.807, 2.05) is 21.7 Å². The molecule has 2 aliphatic heterocycles. The Kier molecular flexibility index (Phi) is 4.87. The zero-order valence-electron chi connectivity index (χ0n) is 14.3. The van der Waals surface area contributed by atoms with Crippen LogP contribution in [0.3, 0.4) is 0 Å². The highest BCUT2D eigenvalue weighted by molar-refractivity contribution is 7.08. The lowest BCUT2D eigenvalue weighted by Gasteiger charge is -2.33. The molecule has 1 atom stereocenters. The van der Waals surface area contributed by atoms with Gasteiger partial charge in [-0.25, -0.2) is 4.79 Å². The van der Waals surface area contributed by atoms with Gasteiger partial charge in [0, 0.05) is 30.5 Å². The lowest BCUT2D eigenvalue weighted by Crippen LogP contribution is -2.45. The zero-order chi connectivity index (χ0) is 17.9. The van der Waals surface area contributed by atoms with Gasteiger partial charge in [0.05, 0.1) is 6.54 Å². The molecule has 0 saturated carbocycles. The molecular weight excluding hydrogens is 356 g/mol. The average molecular weight is 376 g/mol. The second kappa shape index (κ2) is 7.45. The molecule has 0 aromatic carbocycles. The van der Waals surface area contributed by atoms with Crippen LogP contribution in [-0.2, 0) is 16.0 Å². The number of hydrogen-bond acceptors (Lipinski definition) is 7. The van der Waals surface area contributed by atoms with Gasteiger partial charge in [0.15, 0.2) is 0 Å². The highest BCUT2D eigenvalue weighted by Gasteiger charge is 2.29. The molecule has 9 heteroatoms. The molecule has 26 heavy (non-hydrogen) atoms. The third kappa shape index (κ3) is 3.72. The normalized spacial score (nSPS) is 20.5. The molecule has 0 aliphatic carbocycles. The van der Waals surface area contributed by atoms with Crippen molar-refractivity contribution in [2.75, 3.05) is 32.8 Å². The van der Waals surface area contributed by atoms with Crippen molar-refractivity contribution in [1.82, 2.24) is 19.9 Å². The van der Waals surface area contributed by atoms with Crippen LogP contribution in [-0.4, -0.2) is 64.7 Å². The van der Waals surface area contributed by atoms with Gasteiger partial charge < -0.3 is 14.2 Å². The monoisotopic (exact) mass is 376 g/mol. The summed E-state index contributed by atoms with van der Waals surface area (Å²) in [6.07, 6.45) is 2.21. The molecule has 4 rings (SSSR count). The Labute approximate surface area is 154 Å². The highest BCUT2D eigenvalue weighted by Crippen LogP contribution is 2.23. The zero-order valence-corrected chi connectivity index (χ0v) is 15.1. The predicted octanol–water partition coefficient (Wildman–Crippen LogP) is 2.03. The van der Waals surface area contributed by atoms with Crippen LogP contribution in [0.1, 0.15) is 18.7 Å². The fourth-order valence-corrected chi connectivity index (χ4v) is 4.02. The first-order chi connectivity index (χ1) is 12.7. The largest absolute Gasteiger partial charge is 0.448 e. The van der Waals surface area contributed by atoms with Gasteiger partial charge in [-0.3, -0.25) is 9.69 Å². The van der Waals surface area contributed by atoms with Gasteiger partial charge in [-0.2, -0.15) is 16.3 Å². The van der Waals surface area contributed by atoms with E-state index in [1.54, 1.807) is 11.3 Å². The minimum atomic E-state index is -0.404. The molecule has 0 N–H and O–H groups in total. The predicted molar refractivity (Wildman–Crippen MR) is 93.5 cm³/mol. The van der Waals surface area contributed by atoms with Gasteiger partial charge in [-0.15, -0.1) is 0 Å². The first kappa shape index (κ1) is 17.0. The average Bonchev–Trinajstić information content (AvgIpc) is 3.38. The molecule has 8 nitrogen and oxygen atoms in total. The van der Waals surface area contributed by atoms with E-state index in [0.29, 0.717) is 37.8 Å². The number of carbonyl (C=O) groups is 2. The number of likely N-dealkylation sites (tertiary alicyclic amines) is 1. The van der Waals surface area contributed by atoms with Crippen molar-refractivity contribution >= 4 is 23.3 Å². The minimum Gasteiger partial charge on any atom is -0.448 e. The van der Waals surface area contributed by atoms with Crippen molar-refractivity contribution in [2.45, 2.75) is 19.3 Å². The Morgan fingerprint density at radius 1 is 1.38 bits per heavy atom. The number of carbonyl (C=O) groups excluding carboxylic acids is 2. The van der Waals surface area contributed by atoms with E-state index in [0.717, 1.165) is 24.9 Å². The number of hydrogen-bond donors (Lipinski definition) is 0. The Balaban J connectivity index is 1.33. The summed E-state index contributed by atoms with van der Waals surface area (Å²) < 4.78 is 10.3. The molecule has 4 heterocycles. The highest BCUT2D eigenvalue weighted by atomic mass is 32.1. The Hall–Kier alpha value is -2.42. The van der Waals surface area contributed by atoms with E-state index >= 15 is 0 Å². The molecule has 2 saturated heterocycles. The Morgan fingerprint density at radius 2 is 2.31 bits per heavy atom. The van der Waals surface area contributed by atoms with Crippen LogP contribution in [0.4, 0.5) is 4.79 Å². The fourth-order valence-electron chi connectivity index (χ4n) is 3.38. The summed E-state index contributed by atoms with van der Waals surface area (Å²) in [5.74, 6) is 1.47. The topological polar surface area (TPSA) is 88.8 Å². The van der Waals surface area contributed by atoms with Crippen LogP contribution in [0.15, 0.2) is 21.3 Å². The quantitative estimate of drug-likeness (QED) is 0.793. The van der Waals surface area contributed by atoms with Crippen molar-refractivity contribution in [2.24, 2.45) is 5.92 Å². The van der Waals surface area contributed by atoms with Gasteiger partial charge in [0.1, 0.15) is 13.2 Å².